The summed E-state index contributed by atoms with van der Waals surface area (Å²) >= 11 is 0. The summed E-state index contributed by atoms with van der Waals surface area (Å²) in [5, 5.41) is 0. The van der Waals surface area contributed by atoms with Gasteiger partial charge in [-0.1, -0.05) is 0 Å². The molecule has 2 aromatic carbocycles. The maximum atomic E-state index is 12.9. The highest BCUT2D eigenvalue weighted by molar-refractivity contribution is 6.15. The molecule has 3 aliphatic rings. The van der Waals surface area contributed by atoms with Crippen LogP contribution < -0.4 is 23.8 Å². The van der Waals surface area contributed by atoms with Gasteiger partial charge >= 0.3 is 0 Å². The summed E-state index contributed by atoms with van der Waals surface area (Å²) in [6.07, 6.45) is 5.10. The van der Waals surface area contributed by atoms with Gasteiger partial charge in [0, 0.05) is 24.1 Å². The summed E-state index contributed by atoms with van der Waals surface area (Å²) in [6.45, 7) is 2.03. The number of Topliss-reactive ketones (excluding diaryl/α,β-unsaturated/α-hetero) is 1. The molecule has 6 rings (SSSR count). The second-order valence-electron chi connectivity index (χ2n) is 7.44. The fourth-order valence-corrected chi connectivity index (χ4v) is 3.96. The predicted octanol–water partition coefficient (Wildman–Crippen LogP) is 3.83. The minimum absolute atomic E-state index is 0.133. The lowest BCUT2D eigenvalue weighted by atomic mass is 10.0. The summed E-state index contributed by atoms with van der Waals surface area (Å²) in [5.74, 6) is 2.92. The van der Waals surface area contributed by atoms with E-state index in [1.807, 2.05) is 36.4 Å². The predicted molar refractivity (Wildman–Crippen MR) is 113 cm³/mol. The lowest BCUT2D eigenvalue weighted by molar-refractivity contribution is 0.101. The van der Waals surface area contributed by atoms with Crippen LogP contribution in [0.3, 0.4) is 0 Å². The largest absolute Gasteiger partial charge is 0.486 e. The van der Waals surface area contributed by atoms with Crippen LogP contribution in [-0.4, -0.2) is 30.7 Å². The number of allylic oxidation sites excluding steroid dienone is 1. The topological polar surface area (TPSA) is 70.1 Å². The minimum atomic E-state index is -0.133. The maximum absolute atomic E-state index is 12.9. The molecule has 31 heavy (non-hydrogen) atoms. The van der Waals surface area contributed by atoms with Gasteiger partial charge in [-0.15, -0.1) is 0 Å². The molecule has 3 aliphatic heterocycles. The Morgan fingerprint density at radius 1 is 0.903 bits per heavy atom. The van der Waals surface area contributed by atoms with E-state index in [-0.39, 0.29) is 5.78 Å². The number of rotatable bonds is 2. The molecular weight excluding hydrogens is 396 g/mol. The van der Waals surface area contributed by atoms with Gasteiger partial charge in [-0.3, -0.25) is 9.78 Å². The molecular formula is C24H18N2O5. The standard InChI is InChI=1S/C24H18N2O5/c27-23-17-2-4-19-18(24(17)31-22(23)11-15-5-7-25-8-6-15)13-26(14-30-19)16-1-3-20-21(12-16)29-10-9-28-20/h1-8,11-12H,9-10,13-14H2/b22-11-. The van der Waals surface area contributed by atoms with Gasteiger partial charge in [-0.25, -0.2) is 0 Å². The first-order valence-corrected chi connectivity index (χ1v) is 10.0. The summed E-state index contributed by atoms with van der Waals surface area (Å²) < 4.78 is 23.3. The van der Waals surface area contributed by atoms with Crippen molar-refractivity contribution in [1.29, 1.82) is 0 Å². The number of carbonyl (C=O) groups is 1. The third-order valence-electron chi connectivity index (χ3n) is 5.52. The molecule has 0 radical (unpaired) electrons. The van der Waals surface area contributed by atoms with Crippen molar-refractivity contribution in [2.75, 3.05) is 24.8 Å². The van der Waals surface area contributed by atoms with E-state index in [2.05, 4.69) is 9.88 Å². The van der Waals surface area contributed by atoms with Crippen molar-refractivity contribution in [2.45, 2.75) is 6.54 Å². The Kier molecular flexibility index (Phi) is 4.06. The Morgan fingerprint density at radius 2 is 1.71 bits per heavy atom. The zero-order chi connectivity index (χ0) is 20.8. The highest BCUT2D eigenvalue weighted by atomic mass is 16.6. The van der Waals surface area contributed by atoms with Gasteiger partial charge in [0.1, 0.15) is 24.7 Å². The SMILES string of the molecule is O=C1/C(=C/c2ccncc2)Oc2c1ccc1c2CN(c2ccc3c(c2)OCCO3)CO1. The van der Waals surface area contributed by atoms with Crippen molar-refractivity contribution in [3.05, 3.63) is 77.3 Å². The van der Waals surface area contributed by atoms with Crippen molar-refractivity contribution in [3.8, 4) is 23.0 Å². The molecule has 0 fully saturated rings. The number of carbonyl (C=O) groups excluding carboxylic acids is 1. The van der Waals surface area contributed by atoms with E-state index >= 15 is 0 Å². The number of ketones is 1. The van der Waals surface area contributed by atoms with E-state index in [0.717, 1.165) is 34.1 Å². The van der Waals surface area contributed by atoms with Gasteiger partial charge in [0.2, 0.25) is 5.78 Å². The van der Waals surface area contributed by atoms with Crippen molar-refractivity contribution in [1.82, 2.24) is 4.98 Å². The second kappa shape index (κ2) is 7.05. The minimum Gasteiger partial charge on any atom is -0.486 e. The molecule has 0 unspecified atom stereocenters. The number of fused-ring (bicyclic) bond motifs is 4. The fourth-order valence-electron chi connectivity index (χ4n) is 3.96. The van der Waals surface area contributed by atoms with Crippen LogP contribution in [0.15, 0.2) is 60.6 Å². The third-order valence-corrected chi connectivity index (χ3v) is 5.52. The highest BCUT2D eigenvalue weighted by Crippen LogP contribution is 2.43. The summed E-state index contributed by atoms with van der Waals surface area (Å²) in [4.78, 5) is 19.0. The lowest BCUT2D eigenvalue weighted by Gasteiger charge is -2.32. The molecule has 154 valence electrons. The van der Waals surface area contributed by atoms with Crippen LogP contribution in [0.25, 0.3) is 6.08 Å². The van der Waals surface area contributed by atoms with E-state index in [9.17, 15) is 4.79 Å². The molecule has 0 spiro atoms. The first-order chi connectivity index (χ1) is 15.3. The normalized spacial score (nSPS) is 17.6. The maximum Gasteiger partial charge on any atom is 0.231 e. The van der Waals surface area contributed by atoms with Gasteiger partial charge in [0.25, 0.3) is 0 Å². The quantitative estimate of drug-likeness (QED) is 0.591. The number of nitrogens with zero attached hydrogens (tertiary/aromatic N) is 2. The Bertz CT molecular complexity index is 1220. The Balaban J connectivity index is 1.33. The molecule has 0 saturated carbocycles. The van der Waals surface area contributed by atoms with Gasteiger partial charge in [-0.05, 0) is 48.0 Å². The summed E-state index contributed by atoms with van der Waals surface area (Å²) in [5.41, 5.74) is 3.20. The highest BCUT2D eigenvalue weighted by Gasteiger charge is 2.34. The Labute approximate surface area is 178 Å². The first kappa shape index (κ1) is 17.8. The van der Waals surface area contributed by atoms with E-state index in [1.165, 1.54) is 0 Å². The number of hydrogen-bond acceptors (Lipinski definition) is 7. The molecule has 0 atom stereocenters. The van der Waals surface area contributed by atoms with Crippen molar-refractivity contribution in [2.24, 2.45) is 0 Å². The third kappa shape index (κ3) is 3.06. The van der Waals surface area contributed by atoms with Crippen LogP contribution in [0.2, 0.25) is 0 Å². The number of aromatic nitrogens is 1. The summed E-state index contributed by atoms with van der Waals surface area (Å²) in [7, 11) is 0. The number of pyridine rings is 1. The molecule has 0 aliphatic carbocycles. The Morgan fingerprint density at radius 3 is 2.58 bits per heavy atom. The van der Waals surface area contributed by atoms with Gasteiger partial charge in [0.15, 0.2) is 24.0 Å². The monoisotopic (exact) mass is 414 g/mol. The molecule has 0 saturated heterocycles. The molecule has 4 heterocycles. The van der Waals surface area contributed by atoms with Gasteiger partial charge in [0.05, 0.1) is 17.7 Å². The van der Waals surface area contributed by atoms with E-state index < -0.39 is 0 Å². The zero-order valence-electron chi connectivity index (χ0n) is 16.5. The summed E-state index contributed by atoms with van der Waals surface area (Å²) in [6, 6.07) is 13.1. The van der Waals surface area contributed by atoms with Crippen molar-refractivity contribution < 1.29 is 23.7 Å². The number of anilines is 1. The van der Waals surface area contributed by atoms with Crippen LogP contribution in [0.4, 0.5) is 5.69 Å². The molecule has 3 aromatic rings. The van der Waals surface area contributed by atoms with Crippen molar-refractivity contribution >= 4 is 17.5 Å². The molecule has 0 bridgehead atoms. The smallest absolute Gasteiger partial charge is 0.231 e. The molecule has 0 amide bonds. The van der Waals surface area contributed by atoms with Crippen LogP contribution >= 0.6 is 0 Å². The van der Waals surface area contributed by atoms with Crippen LogP contribution in [0.1, 0.15) is 21.5 Å². The van der Waals surface area contributed by atoms with Crippen LogP contribution in [-0.2, 0) is 6.54 Å². The first-order valence-electron chi connectivity index (χ1n) is 10.0. The van der Waals surface area contributed by atoms with Crippen LogP contribution in [0.5, 0.6) is 23.0 Å². The van der Waals surface area contributed by atoms with Crippen LogP contribution in [0, 0.1) is 0 Å². The average Bonchev–Trinajstić information content (AvgIpc) is 3.14. The molecule has 0 N–H and O–H groups in total. The second-order valence-corrected chi connectivity index (χ2v) is 7.44. The lowest BCUT2D eigenvalue weighted by Crippen LogP contribution is -2.32. The average molecular weight is 414 g/mol. The molecule has 7 heteroatoms. The van der Waals surface area contributed by atoms with E-state index in [4.69, 9.17) is 18.9 Å². The van der Waals surface area contributed by atoms with Gasteiger partial charge in [-0.2, -0.15) is 0 Å². The number of benzene rings is 2. The van der Waals surface area contributed by atoms with Gasteiger partial charge < -0.3 is 23.8 Å². The van der Waals surface area contributed by atoms with E-state index in [0.29, 0.717) is 43.6 Å². The Hall–Kier alpha value is -4.00. The fraction of sp³-hybridized carbons (Fsp3) is 0.167. The number of ether oxygens (including phenoxy) is 4. The van der Waals surface area contributed by atoms with E-state index in [1.54, 1.807) is 24.5 Å². The zero-order valence-corrected chi connectivity index (χ0v) is 16.5. The molecule has 7 nitrogen and oxygen atoms in total. The molecule has 1 aromatic heterocycles. The number of hydrogen-bond donors (Lipinski definition) is 0. The van der Waals surface area contributed by atoms with Crippen molar-refractivity contribution in [3.63, 3.8) is 0 Å².